The minimum atomic E-state index is -0.0712. The number of hydrogen-bond acceptors (Lipinski definition) is 6. The summed E-state index contributed by atoms with van der Waals surface area (Å²) < 4.78 is 9.09. The molecule has 0 saturated heterocycles. The SMILES string of the molecule is Cn1c(=O)c2ccccc2n2c(CN(Cc3ccco3)Cc3cccs3)nnc12. The van der Waals surface area contributed by atoms with Crippen molar-refractivity contribution in [3.8, 4) is 0 Å². The van der Waals surface area contributed by atoms with Crippen LogP contribution in [0.2, 0.25) is 0 Å². The third-order valence-electron chi connectivity index (χ3n) is 4.98. The molecule has 0 aliphatic rings. The molecule has 0 unspecified atom stereocenters. The van der Waals surface area contributed by atoms with Crippen molar-refractivity contribution in [3.63, 3.8) is 0 Å². The van der Waals surface area contributed by atoms with Gasteiger partial charge in [0.1, 0.15) is 5.76 Å². The second-order valence-electron chi connectivity index (χ2n) is 6.94. The van der Waals surface area contributed by atoms with Gasteiger partial charge in [0.25, 0.3) is 5.56 Å². The largest absolute Gasteiger partial charge is 0.468 e. The molecule has 0 spiro atoms. The third kappa shape index (κ3) is 3.26. The van der Waals surface area contributed by atoms with Crippen LogP contribution in [-0.4, -0.2) is 24.1 Å². The lowest BCUT2D eigenvalue weighted by molar-refractivity contribution is 0.223. The molecular weight excluding hydrogens is 386 g/mol. The van der Waals surface area contributed by atoms with E-state index in [0.29, 0.717) is 24.3 Å². The lowest BCUT2D eigenvalue weighted by atomic mass is 10.2. The molecule has 29 heavy (non-hydrogen) atoms. The molecule has 0 amide bonds. The van der Waals surface area contributed by atoms with Crippen molar-refractivity contribution in [2.45, 2.75) is 19.6 Å². The first-order valence-electron chi connectivity index (χ1n) is 9.29. The van der Waals surface area contributed by atoms with Crippen LogP contribution in [0.5, 0.6) is 0 Å². The average Bonchev–Trinajstić information content (AvgIpc) is 3.49. The molecule has 5 aromatic rings. The Kier molecular flexibility index (Phi) is 4.49. The van der Waals surface area contributed by atoms with Gasteiger partial charge in [0.15, 0.2) is 5.82 Å². The van der Waals surface area contributed by atoms with Gasteiger partial charge in [-0.25, -0.2) is 0 Å². The fourth-order valence-electron chi connectivity index (χ4n) is 3.61. The number of hydrogen-bond donors (Lipinski definition) is 0. The van der Waals surface area contributed by atoms with E-state index in [4.69, 9.17) is 4.42 Å². The van der Waals surface area contributed by atoms with Gasteiger partial charge in [0, 0.05) is 18.5 Å². The number of thiophene rings is 1. The van der Waals surface area contributed by atoms with Crippen molar-refractivity contribution in [2.75, 3.05) is 0 Å². The summed E-state index contributed by atoms with van der Waals surface area (Å²) in [6.45, 7) is 2.00. The lowest BCUT2D eigenvalue weighted by Crippen LogP contribution is -2.24. The van der Waals surface area contributed by atoms with Gasteiger partial charge in [-0.3, -0.25) is 18.7 Å². The summed E-state index contributed by atoms with van der Waals surface area (Å²) in [5.41, 5.74) is 0.748. The normalized spacial score (nSPS) is 11.8. The number of aryl methyl sites for hydroxylation is 1. The van der Waals surface area contributed by atoms with Crippen LogP contribution in [0.25, 0.3) is 16.7 Å². The van der Waals surface area contributed by atoms with Crippen LogP contribution in [0.3, 0.4) is 0 Å². The fourth-order valence-corrected chi connectivity index (χ4v) is 4.35. The Balaban J connectivity index is 1.59. The van der Waals surface area contributed by atoms with Crippen LogP contribution in [0.15, 0.2) is 69.4 Å². The van der Waals surface area contributed by atoms with Crippen molar-refractivity contribution in [3.05, 3.63) is 87.0 Å². The highest BCUT2D eigenvalue weighted by Crippen LogP contribution is 2.19. The Morgan fingerprint density at radius 2 is 1.93 bits per heavy atom. The van der Waals surface area contributed by atoms with Crippen molar-refractivity contribution in [1.29, 1.82) is 0 Å². The minimum Gasteiger partial charge on any atom is -0.468 e. The molecule has 0 saturated carbocycles. The Hall–Kier alpha value is -3.23. The van der Waals surface area contributed by atoms with Crippen molar-refractivity contribution < 1.29 is 4.42 Å². The van der Waals surface area contributed by atoms with Gasteiger partial charge < -0.3 is 4.42 Å². The smallest absolute Gasteiger partial charge is 0.262 e. The van der Waals surface area contributed by atoms with Gasteiger partial charge in [0.05, 0.1) is 30.3 Å². The maximum atomic E-state index is 12.7. The van der Waals surface area contributed by atoms with E-state index in [9.17, 15) is 4.79 Å². The Labute approximate surface area is 170 Å². The standard InChI is InChI=1S/C21H19N5O2S/c1-24-20(27)17-8-2-3-9-18(17)26-19(22-23-21(24)26)14-25(12-15-6-4-10-28-15)13-16-7-5-11-29-16/h2-11H,12-14H2,1H3. The van der Waals surface area contributed by atoms with E-state index in [2.05, 4.69) is 32.6 Å². The maximum absolute atomic E-state index is 12.7. The summed E-state index contributed by atoms with van der Waals surface area (Å²) in [5, 5.41) is 11.5. The molecule has 0 radical (unpaired) electrons. The maximum Gasteiger partial charge on any atom is 0.262 e. The highest BCUT2D eigenvalue weighted by molar-refractivity contribution is 7.09. The highest BCUT2D eigenvalue weighted by Gasteiger charge is 2.18. The van der Waals surface area contributed by atoms with Crippen molar-refractivity contribution in [1.82, 2.24) is 24.1 Å². The van der Waals surface area contributed by atoms with E-state index < -0.39 is 0 Å². The first kappa shape index (κ1) is 17.8. The molecule has 0 fully saturated rings. The molecule has 1 aromatic carbocycles. The second-order valence-corrected chi connectivity index (χ2v) is 7.97. The average molecular weight is 405 g/mol. The number of furan rings is 1. The number of aromatic nitrogens is 4. The van der Waals surface area contributed by atoms with Crippen LogP contribution in [-0.2, 0) is 26.7 Å². The predicted molar refractivity (Wildman–Crippen MR) is 112 cm³/mol. The number of fused-ring (bicyclic) bond motifs is 3. The molecule has 0 N–H and O–H groups in total. The van der Waals surface area contributed by atoms with Crippen LogP contribution < -0.4 is 5.56 Å². The monoisotopic (exact) mass is 405 g/mol. The number of nitrogens with zero attached hydrogens (tertiary/aromatic N) is 5. The molecule has 8 heteroatoms. The highest BCUT2D eigenvalue weighted by atomic mass is 32.1. The molecule has 0 aliphatic heterocycles. The molecule has 7 nitrogen and oxygen atoms in total. The molecule has 0 bridgehead atoms. The zero-order valence-corrected chi connectivity index (χ0v) is 16.7. The summed E-state index contributed by atoms with van der Waals surface area (Å²) >= 11 is 1.73. The van der Waals surface area contributed by atoms with E-state index in [1.54, 1.807) is 29.2 Å². The Bertz CT molecular complexity index is 1280. The topological polar surface area (TPSA) is 68.6 Å². The van der Waals surface area contributed by atoms with Crippen LogP contribution in [0.4, 0.5) is 0 Å². The first-order valence-corrected chi connectivity index (χ1v) is 10.2. The number of rotatable bonds is 6. The van der Waals surface area contributed by atoms with E-state index in [1.165, 1.54) is 4.88 Å². The van der Waals surface area contributed by atoms with Gasteiger partial charge in [-0.2, -0.15) is 0 Å². The zero-order chi connectivity index (χ0) is 19.8. The van der Waals surface area contributed by atoms with Gasteiger partial charge in [-0.15, -0.1) is 21.5 Å². The van der Waals surface area contributed by atoms with E-state index in [1.807, 2.05) is 40.8 Å². The molecule has 0 aliphatic carbocycles. The summed E-state index contributed by atoms with van der Waals surface area (Å²) in [6, 6.07) is 15.6. The Morgan fingerprint density at radius 1 is 1.03 bits per heavy atom. The molecule has 146 valence electrons. The number of para-hydroxylation sites is 1. The van der Waals surface area contributed by atoms with Crippen LogP contribution >= 0.6 is 11.3 Å². The minimum absolute atomic E-state index is 0.0712. The summed E-state index contributed by atoms with van der Waals surface area (Å²) in [5.74, 6) is 2.22. The molecule has 0 atom stereocenters. The molecular formula is C21H19N5O2S. The summed E-state index contributed by atoms with van der Waals surface area (Å²) in [4.78, 5) is 16.2. The van der Waals surface area contributed by atoms with Gasteiger partial charge >= 0.3 is 0 Å². The van der Waals surface area contributed by atoms with Gasteiger partial charge in [-0.05, 0) is 35.7 Å². The van der Waals surface area contributed by atoms with E-state index in [-0.39, 0.29) is 5.56 Å². The van der Waals surface area contributed by atoms with Gasteiger partial charge in [-0.1, -0.05) is 18.2 Å². The second kappa shape index (κ2) is 7.31. The quantitative estimate of drug-likeness (QED) is 0.433. The molecule has 5 rings (SSSR count). The summed E-state index contributed by atoms with van der Waals surface area (Å²) in [6.07, 6.45) is 1.69. The van der Waals surface area contributed by atoms with E-state index >= 15 is 0 Å². The van der Waals surface area contributed by atoms with Crippen molar-refractivity contribution >= 4 is 28.0 Å². The summed E-state index contributed by atoms with van der Waals surface area (Å²) in [7, 11) is 1.73. The zero-order valence-electron chi connectivity index (χ0n) is 15.9. The first-order chi connectivity index (χ1) is 14.2. The fraction of sp³-hybridized carbons (Fsp3) is 0.190. The van der Waals surface area contributed by atoms with Crippen LogP contribution in [0, 0.1) is 0 Å². The Morgan fingerprint density at radius 3 is 2.72 bits per heavy atom. The predicted octanol–water partition coefficient (Wildman–Crippen LogP) is 3.44. The third-order valence-corrected chi connectivity index (χ3v) is 5.84. The van der Waals surface area contributed by atoms with E-state index in [0.717, 1.165) is 23.6 Å². The lowest BCUT2D eigenvalue weighted by Gasteiger charge is -2.20. The molecule has 4 heterocycles. The molecule has 4 aromatic heterocycles. The van der Waals surface area contributed by atoms with Crippen LogP contribution in [0.1, 0.15) is 16.5 Å². The van der Waals surface area contributed by atoms with Crippen molar-refractivity contribution in [2.24, 2.45) is 7.05 Å². The number of benzene rings is 1. The van der Waals surface area contributed by atoms with Gasteiger partial charge in [0.2, 0.25) is 5.78 Å².